The van der Waals surface area contributed by atoms with Crippen molar-refractivity contribution in [1.82, 2.24) is 5.43 Å². The van der Waals surface area contributed by atoms with Crippen LogP contribution in [-0.2, 0) is 0 Å². The van der Waals surface area contributed by atoms with Crippen LogP contribution in [0.1, 0.15) is 61.7 Å². The molecule has 1 amide bonds. The number of carbonyl (C=O) groups excluding carboxylic acids is 1. The fourth-order valence-electron chi connectivity index (χ4n) is 4.62. The van der Waals surface area contributed by atoms with Gasteiger partial charge in [-0.15, -0.1) is 0 Å². The smallest absolute Gasteiger partial charge is 0.307 e. The number of nitrogens with one attached hydrogen (secondary N) is 1. The summed E-state index contributed by atoms with van der Waals surface area (Å²) in [5.74, 6) is 0.198. The predicted octanol–water partition coefficient (Wildman–Crippen LogP) is 7.33. The molecule has 4 rings (SSSR count). The lowest BCUT2D eigenvalue weighted by molar-refractivity contribution is 0.0929. The number of rotatable bonds is 4. The van der Waals surface area contributed by atoms with E-state index in [1.54, 1.807) is 12.3 Å². The van der Waals surface area contributed by atoms with Gasteiger partial charge < -0.3 is 9.32 Å². The molecule has 1 aliphatic heterocycles. The van der Waals surface area contributed by atoms with Crippen LogP contribution in [0.2, 0.25) is 5.02 Å². The van der Waals surface area contributed by atoms with Crippen molar-refractivity contribution in [2.24, 2.45) is 5.10 Å². The number of hydrogen-bond acceptors (Lipinski definition) is 4. The highest BCUT2D eigenvalue weighted by Crippen LogP contribution is 2.44. The van der Waals surface area contributed by atoms with Gasteiger partial charge in [0, 0.05) is 33.2 Å². The zero-order valence-corrected chi connectivity index (χ0v) is 22.8. The quantitative estimate of drug-likeness (QED) is 0.187. The second-order valence-corrected chi connectivity index (χ2v) is 11.2. The number of amides is 1. The van der Waals surface area contributed by atoms with E-state index in [4.69, 9.17) is 16.0 Å². The van der Waals surface area contributed by atoms with E-state index in [0.29, 0.717) is 16.5 Å². The first-order valence-electron chi connectivity index (χ1n) is 10.4. The first-order chi connectivity index (χ1) is 15.1. The summed E-state index contributed by atoms with van der Waals surface area (Å²) >= 11 is 12.2. The Hall–Kier alpha value is -1.58. The highest BCUT2D eigenvalue weighted by atomic mass is 127. The third-order valence-corrected chi connectivity index (χ3v) is 7.54. The predicted molar refractivity (Wildman–Crippen MR) is 143 cm³/mol. The third-order valence-electron chi connectivity index (χ3n) is 5.95. The summed E-state index contributed by atoms with van der Waals surface area (Å²) in [7, 11) is 0. The van der Waals surface area contributed by atoms with Crippen LogP contribution in [0.15, 0.2) is 44.3 Å². The molecular weight excluding hydrogens is 605 g/mol. The molecule has 1 N–H and O–H groups in total. The lowest BCUT2D eigenvalue weighted by Gasteiger charge is -2.47. The molecule has 8 heteroatoms. The first-order valence-corrected chi connectivity index (χ1v) is 12.7. The molecule has 168 valence electrons. The SMILES string of the molecule is CCN1c2cc(Cl)c(/C=N\NC(=O)c3cc4cc(Br)cc(I)c4o3)cc2C(C)CC1(C)C. The summed E-state index contributed by atoms with van der Waals surface area (Å²) in [5, 5.41) is 5.60. The molecule has 3 aromatic rings. The van der Waals surface area contributed by atoms with E-state index in [9.17, 15) is 4.79 Å². The van der Waals surface area contributed by atoms with E-state index >= 15 is 0 Å². The summed E-state index contributed by atoms with van der Waals surface area (Å²) in [5.41, 5.74) is 6.50. The Morgan fingerprint density at radius 2 is 2.12 bits per heavy atom. The molecule has 1 atom stereocenters. The monoisotopic (exact) mass is 627 g/mol. The Kier molecular flexibility index (Phi) is 6.62. The van der Waals surface area contributed by atoms with E-state index in [-0.39, 0.29) is 11.3 Å². The first kappa shape index (κ1) is 23.6. The number of furan rings is 1. The van der Waals surface area contributed by atoms with Gasteiger partial charge in [0.2, 0.25) is 0 Å². The number of benzene rings is 2. The zero-order valence-electron chi connectivity index (χ0n) is 18.3. The van der Waals surface area contributed by atoms with Crippen molar-refractivity contribution in [3.05, 3.63) is 60.3 Å². The van der Waals surface area contributed by atoms with Gasteiger partial charge in [-0.2, -0.15) is 5.10 Å². The van der Waals surface area contributed by atoms with E-state index < -0.39 is 5.91 Å². The molecule has 0 aliphatic carbocycles. The van der Waals surface area contributed by atoms with Crippen LogP contribution in [0.25, 0.3) is 11.0 Å². The maximum Gasteiger partial charge on any atom is 0.307 e. The molecule has 0 saturated heterocycles. The molecule has 0 spiro atoms. The molecule has 1 unspecified atom stereocenters. The Morgan fingerprint density at radius 1 is 1.38 bits per heavy atom. The van der Waals surface area contributed by atoms with E-state index in [2.05, 4.69) is 87.7 Å². The van der Waals surface area contributed by atoms with Crippen LogP contribution in [0.5, 0.6) is 0 Å². The van der Waals surface area contributed by atoms with Crippen molar-refractivity contribution >= 4 is 78.9 Å². The standard InChI is InChI=1S/C24H24BrClIN3O2/c1-5-30-20-10-18(26)15(7-17(20)13(2)11-24(30,3)4)12-28-29-23(31)21-8-14-6-16(25)9-19(27)22(14)32-21/h6-10,12-13H,5,11H2,1-4H3,(H,29,31)/b28-12-. The summed E-state index contributed by atoms with van der Waals surface area (Å²) in [6, 6.07) is 9.65. The number of carbonyl (C=O) groups is 1. The van der Waals surface area contributed by atoms with Gasteiger partial charge in [-0.1, -0.05) is 34.5 Å². The van der Waals surface area contributed by atoms with E-state index in [1.165, 1.54) is 11.3 Å². The lowest BCUT2D eigenvalue weighted by Crippen LogP contribution is -2.48. The summed E-state index contributed by atoms with van der Waals surface area (Å²) < 4.78 is 7.59. The minimum Gasteiger partial charge on any atom is -0.450 e. The van der Waals surface area contributed by atoms with E-state index in [0.717, 1.165) is 32.0 Å². The van der Waals surface area contributed by atoms with Gasteiger partial charge in [0.15, 0.2) is 5.76 Å². The maximum atomic E-state index is 12.6. The number of fused-ring (bicyclic) bond motifs is 2. The molecule has 1 aliphatic rings. The number of hydrogen-bond donors (Lipinski definition) is 1. The summed E-state index contributed by atoms with van der Waals surface area (Å²) in [6.07, 6.45) is 2.65. The normalized spacial score (nSPS) is 17.7. The topological polar surface area (TPSA) is 57.8 Å². The van der Waals surface area contributed by atoms with Crippen LogP contribution >= 0.6 is 50.1 Å². The summed E-state index contributed by atoms with van der Waals surface area (Å²) in [6.45, 7) is 9.86. The van der Waals surface area contributed by atoms with Crippen molar-refractivity contribution in [2.75, 3.05) is 11.4 Å². The molecule has 2 heterocycles. The molecule has 2 aromatic carbocycles. The zero-order chi connectivity index (χ0) is 23.2. The number of nitrogens with zero attached hydrogens (tertiary/aromatic N) is 2. The van der Waals surface area contributed by atoms with Gasteiger partial charge in [0.25, 0.3) is 0 Å². The molecule has 0 radical (unpaired) electrons. The summed E-state index contributed by atoms with van der Waals surface area (Å²) in [4.78, 5) is 15.0. The van der Waals surface area contributed by atoms with Crippen molar-refractivity contribution in [3.8, 4) is 0 Å². The van der Waals surface area contributed by atoms with E-state index in [1.807, 2.05) is 18.2 Å². The van der Waals surface area contributed by atoms with Gasteiger partial charge in [-0.25, -0.2) is 5.43 Å². The van der Waals surface area contributed by atoms with Crippen LogP contribution in [0, 0.1) is 3.57 Å². The van der Waals surface area contributed by atoms with Gasteiger partial charge in [-0.05, 0) is 91.6 Å². The minimum atomic E-state index is -0.411. The minimum absolute atomic E-state index is 0.0774. The van der Waals surface area contributed by atoms with Gasteiger partial charge in [-0.3, -0.25) is 4.79 Å². The van der Waals surface area contributed by atoms with Crippen LogP contribution in [0.3, 0.4) is 0 Å². The molecule has 1 aromatic heterocycles. The van der Waals surface area contributed by atoms with Gasteiger partial charge in [0.1, 0.15) is 5.58 Å². The lowest BCUT2D eigenvalue weighted by atomic mass is 9.79. The van der Waals surface area contributed by atoms with Crippen molar-refractivity contribution in [3.63, 3.8) is 0 Å². The Morgan fingerprint density at radius 3 is 2.84 bits per heavy atom. The van der Waals surface area contributed by atoms with Gasteiger partial charge in [0.05, 0.1) is 14.8 Å². The van der Waals surface area contributed by atoms with Crippen LogP contribution in [-0.4, -0.2) is 24.2 Å². The molecule has 32 heavy (non-hydrogen) atoms. The second-order valence-electron chi connectivity index (χ2n) is 8.71. The number of halogens is 3. The number of hydrazone groups is 1. The largest absolute Gasteiger partial charge is 0.450 e. The average molecular weight is 629 g/mol. The fourth-order valence-corrected chi connectivity index (χ4v) is 6.49. The Labute approximate surface area is 214 Å². The highest BCUT2D eigenvalue weighted by molar-refractivity contribution is 14.1. The molecule has 5 nitrogen and oxygen atoms in total. The van der Waals surface area contributed by atoms with Gasteiger partial charge >= 0.3 is 5.91 Å². The highest BCUT2D eigenvalue weighted by Gasteiger charge is 2.35. The van der Waals surface area contributed by atoms with Crippen LogP contribution in [0.4, 0.5) is 5.69 Å². The Balaban J connectivity index is 1.56. The second kappa shape index (κ2) is 8.99. The Bertz CT molecular complexity index is 1240. The van der Waals surface area contributed by atoms with Crippen molar-refractivity contribution in [1.29, 1.82) is 0 Å². The molecule has 0 bridgehead atoms. The number of anilines is 1. The van der Waals surface area contributed by atoms with Crippen molar-refractivity contribution in [2.45, 2.75) is 45.6 Å². The molecule has 0 fully saturated rings. The third kappa shape index (κ3) is 4.43. The fraction of sp³-hybridized carbons (Fsp3) is 0.333. The molecular formula is C24H24BrClIN3O2. The van der Waals surface area contributed by atoms with Crippen LogP contribution < -0.4 is 10.3 Å². The maximum absolute atomic E-state index is 12.6. The average Bonchev–Trinajstić information content (AvgIpc) is 3.13. The molecule has 0 saturated carbocycles. The van der Waals surface area contributed by atoms with Crippen molar-refractivity contribution < 1.29 is 9.21 Å².